The lowest BCUT2D eigenvalue weighted by Crippen LogP contribution is -2.55. The van der Waals surface area contributed by atoms with Gasteiger partial charge in [0.15, 0.2) is 0 Å². The van der Waals surface area contributed by atoms with Crippen LogP contribution in [-0.4, -0.2) is 53.7 Å². The van der Waals surface area contributed by atoms with Gasteiger partial charge in [-0.25, -0.2) is 0 Å². The molecule has 1 N–H and O–H groups in total. The van der Waals surface area contributed by atoms with Gasteiger partial charge in [0, 0.05) is 25.3 Å². The molecule has 0 unspecified atom stereocenters. The SMILES string of the molecule is CCN1CCN(CC(=O)Nc2ccc(C)cc2)C(=O)C1=O. The van der Waals surface area contributed by atoms with Gasteiger partial charge in [0.1, 0.15) is 6.54 Å². The highest BCUT2D eigenvalue weighted by Crippen LogP contribution is 2.09. The zero-order valence-corrected chi connectivity index (χ0v) is 12.3. The molecule has 0 aliphatic carbocycles. The number of carbonyl (C=O) groups excluding carboxylic acids is 3. The average molecular weight is 289 g/mol. The number of hydrogen-bond donors (Lipinski definition) is 1. The summed E-state index contributed by atoms with van der Waals surface area (Å²) in [6.45, 7) is 5.05. The van der Waals surface area contributed by atoms with Gasteiger partial charge in [-0.2, -0.15) is 0 Å². The van der Waals surface area contributed by atoms with E-state index in [1.807, 2.05) is 26.0 Å². The van der Waals surface area contributed by atoms with Gasteiger partial charge in [0.25, 0.3) is 0 Å². The molecule has 21 heavy (non-hydrogen) atoms. The van der Waals surface area contributed by atoms with Crippen LogP contribution >= 0.6 is 0 Å². The van der Waals surface area contributed by atoms with Crippen LogP contribution in [0, 0.1) is 6.92 Å². The van der Waals surface area contributed by atoms with E-state index in [1.165, 1.54) is 9.80 Å². The van der Waals surface area contributed by atoms with Gasteiger partial charge < -0.3 is 15.1 Å². The smallest absolute Gasteiger partial charge is 0.312 e. The summed E-state index contributed by atoms with van der Waals surface area (Å²) < 4.78 is 0. The maximum absolute atomic E-state index is 11.9. The van der Waals surface area contributed by atoms with Crippen molar-refractivity contribution in [3.63, 3.8) is 0 Å². The van der Waals surface area contributed by atoms with Crippen molar-refractivity contribution in [3.8, 4) is 0 Å². The highest BCUT2D eigenvalue weighted by atomic mass is 16.2. The second kappa shape index (κ2) is 6.39. The summed E-state index contributed by atoms with van der Waals surface area (Å²) >= 11 is 0. The van der Waals surface area contributed by atoms with Gasteiger partial charge >= 0.3 is 11.8 Å². The molecular formula is C15H19N3O3. The van der Waals surface area contributed by atoms with E-state index < -0.39 is 11.8 Å². The maximum Gasteiger partial charge on any atom is 0.312 e. The molecule has 1 aromatic carbocycles. The predicted octanol–water partition coefficient (Wildman–Crippen LogP) is 0.624. The van der Waals surface area contributed by atoms with Crippen molar-refractivity contribution >= 4 is 23.4 Å². The minimum absolute atomic E-state index is 0.101. The number of likely N-dealkylation sites (N-methyl/N-ethyl adjacent to an activating group) is 1. The Morgan fingerprint density at radius 3 is 2.29 bits per heavy atom. The van der Waals surface area contributed by atoms with Crippen LogP contribution in [0.5, 0.6) is 0 Å². The molecule has 2 rings (SSSR count). The van der Waals surface area contributed by atoms with Gasteiger partial charge in [0.2, 0.25) is 5.91 Å². The Bertz CT molecular complexity index is 554. The molecule has 1 aromatic rings. The van der Waals surface area contributed by atoms with E-state index in [-0.39, 0.29) is 12.5 Å². The van der Waals surface area contributed by atoms with Crippen LogP contribution in [0.15, 0.2) is 24.3 Å². The predicted molar refractivity (Wildman–Crippen MR) is 78.6 cm³/mol. The molecule has 1 saturated heterocycles. The Morgan fingerprint density at radius 2 is 1.67 bits per heavy atom. The maximum atomic E-state index is 11.9. The Morgan fingerprint density at radius 1 is 1.10 bits per heavy atom. The van der Waals surface area contributed by atoms with E-state index in [4.69, 9.17) is 0 Å². The molecule has 1 fully saturated rings. The Balaban J connectivity index is 1.92. The molecule has 0 spiro atoms. The summed E-state index contributed by atoms with van der Waals surface area (Å²) in [5, 5.41) is 2.72. The second-order valence-electron chi connectivity index (χ2n) is 5.03. The van der Waals surface area contributed by atoms with Crippen LogP contribution in [0.1, 0.15) is 12.5 Å². The highest BCUT2D eigenvalue weighted by molar-refractivity contribution is 6.35. The van der Waals surface area contributed by atoms with Crippen LogP contribution in [-0.2, 0) is 14.4 Å². The van der Waals surface area contributed by atoms with E-state index >= 15 is 0 Å². The normalized spacial score (nSPS) is 15.3. The summed E-state index contributed by atoms with van der Waals surface area (Å²) in [7, 11) is 0. The Kier molecular flexibility index (Phi) is 4.57. The van der Waals surface area contributed by atoms with E-state index in [2.05, 4.69) is 5.32 Å². The third-order valence-corrected chi connectivity index (χ3v) is 3.45. The van der Waals surface area contributed by atoms with Crippen molar-refractivity contribution in [1.29, 1.82) is 0 Å². The molecule has 1 heterocycles. The van der Waals surface area contributed by atoms with Gasteiger partial charge in [-0.15, -0.1) is 0 Å². The van der Waals surface area contributed by atoms with Gasteiger partial charge in [0.05, 0.1) is 0 Å². The zero-order valence-electron chi connectivity index (χ0n) is 12.3. The van der Waals surface area contributed by atoms with Crippen LogP contribution < -0.4 is 5.32 Å². The molecule has 112 valence electrons. The molecular weight excluding hydrogens is 270 g/mol. The van der Waals surface area contributed by atoms with Crippen molar-refractivity contribution in [2.75, 3.05) is 31.5 Å². The summed E-state index contributed by atoms with van der Waals surface area (Å²) in [6, 6.07) is 7.39. The minimum atomic E-state index is -0.609. The Labute approximate surface area is 123 Å². The first-order valence-corrected chi connectivity index (χ1v) is 6.96. The fourth-order valence-electron chi connectivity index (χ4n) is 2.18. The number of piperazine rings is 1. The van der Waals surface area contributed by atoms with Gasteiger partial charge in [-0.05, 0) is 26.0 Å². The van der Waals surface area contributed by atoms with E-state index in [0.29, 0.717) is 25.3 Å². The van der Waals surface area contributed by atoms with E-state index in [9.17, 15) is 14.4 Å². The number of anilines is 1. The summed E-state index contributed by atoms with van der Waals surface area (Å²) in [5.74, 6) is -1.45. The third kappa shape index (κ3) is 3.59. The fraction of sp³-hybridized carbons (Fsp3) is 0.400. The lowest BCUT2D eigenvalue weighted by atomic mass is 10.2. The lowest BCUT2D eigenvalue weighted by molar-refractivity contribution is -0.156. The second-order valence-corrected chi connectivity index (χ2v) is 5.03. The minimum Gasteiger partial charge on any atom is -0.333 e. The molecule has 3 amide bonds. The van der Waals surface area contributed by atoms with Crippen LogP contribution in [0.2, 0.25) is 0 Å². The fourth-order valence-corrected chi connectivity index (χ4v) is 2.18. The molecule has 6 nitrogen and oxygen atoms in total. The van der Waals surface area contributed by atoms with Gasteiger partial charge in [-0.3, -0.25) is 14.4 Å². The molecule has 0 atom stereocenters. The molecule has 1 aliphatic rings. The van der Waals surface area contributed by atoms with Crippen LogP contribution in [0.4, 0.5) is 5.69 Å². The molecule has 6 heteroatoms. The topological polar surface area (TPSA) is 69.7 Å². The average Bonchev–Trinajstić information content (AvgIpc) is 2.47. The largest absolute Gasteiger partial charge is 0.333 e. The zero-order chi connectivity index (χ0) is 15.4. The number of aryl methyl sites for hydroxylation is 1. The standard InChI is InChI=1S/C15H19N3O3/c1-3-17-8-9-18(15(21)14(17)20)10-13(19)16-12-6-4-11(2)5-7-12/h4-7H,3,8-10H2,1-2H3,(H,16,19). The lowest BCUT2D eigenvalue weighted by Gasteiger charge is -2.32. The Hall–Kier alpha value is -2.37. The van der Waals surface area contributed by atoms with Crippen LogP contribution in [0.25, 0.3) is 0 Å². The molecule has 0 aromatic heterocycles. The number of rotatable bonds is 4. The van der Waals surface area contributed by atoms with Crippen molar-refractivity contribution < 1.29 is 14.4 Å². The monoisotopic (exact) mass is 289 g/mol. The summed E-state index contributed by atoms with van der Waals surface area (Å²) in [6.07, 6.45) is 0. The van der Waals surface area contributed by atoms with E-state index in [0.717, 1.165) is 5.56 Å². The first-order chi connectivity index (χ1) is 10.0. The van der Waals surface area contributed by atoms with Crippen molar-refractivity contribution in [2.24, 2.45) is 0 Å². The van der Waals surface area contributed by atoms with Gasteiger partial charge in [-0.1, -0.05) is 17.7 Å². The molecule has 0 saturated carbocycles. The van der Waals surface area contributed by atoms with Crippen molar-refractivity contribution in [2.45, 2.75) is 13.8 Å². The number of carbonyl (C=O) groups is 3. The number of amides is 3. The van der Waals surface area contributed by atoms with Crippen LogP contribution in [0.3, 0.4) is 0 Å². The number of nitrogens with one attached hydrogen (secondary N) is 1. The number of benzene rings is 1. The molecule has 1 aliphatic heterocycles. The van der Waals surface area contributed by atoms with Crippen molar-refractivity contribution in [1.82, 2.24) is 9.80 Å². The molecule has 0 bridgehead atoms. The first-order valence-electron chi connectivity index (χ1n) is 6.96. The summed E-state index contributed by atoms with van der Waals surface area (Å²) in [4.78, 5) is 38.3. The van der Waals surface area contributed by atoms with E-state index in [1.54, 1.807) is 12.1 Å². The number of nitrogens with zero attached hydrogens (tertiary/aromatic N) is 2. The highest BCUT2D eigenvalue weighted by Gasteiger charge is 2.32. The first kappa shape index (κ1) is 15.0. The third-order valence-electron chi connectivity index (χ3n) is 3.45. The van der Waals surface area contributed by atoms with Crippen molar-refractivity contribution in [3.05, 3.63) is 29.8 Å². The summed E-state index contributed by atoms with van der Waals surface area (Å²) in [5.41, 5.74) is 1.78. The quantitative estimate of drug-likeness (QED) is 0.826. The molecule has 0 radical (unpaired) electrons. The number of hydrogen-bond acceptors (Lipinski definition) is 3.